The van der Waals surface area contributed by atoms with E-state index in [0.717, 1.165) is 0 Å². The van der Waals surface area contributed by atoms with E-state index in [2.05, 4.69) is 0 Å². The minimum atomic E-state index is -5.39. The third kappa shape index (κ3) is 88.7. The number of carbonyl (C=O) groups excluding carboxylic acids is 7. The summed E-state index contributed by atoms with van der Waals surface area (Å²) in [7, 11) is -10.8. The molecular formula is C13H10Ca4Mg3O25P2. The molecule has 0 bridgehead atoms. The van der Waals surface area contributed by atoms with Crippen LogP contribution in [0.15, 0.2) is 0 Å². The molecule has 0 aromatic heterocycles. The van der Waals surface area contributed by atoms with Crippen molar-refractivity contribution in [3.8, 4) is 0 Å². The summed E-state index contributed by atoms with van der Waals surface area (Å²) in [6, 6.07) is 0. The molecule has 25 nitrogen and oxygen atoms in total. The molecule has 0 spiro atoms. The Morgan fingerprint density at radius 3 is 0.553 bits per heavy atom. The monoisotopic (exact) mass is 860 g/mol. The van der Waals surface area contributed by atoms with Gasteiger partial charge in [0.15, 0.2) is 0 Å². The van der Waals surface area contributed by atoms with Gasteiger partial charge in [0, 0.05) is 49.6 Å². The van der Waals surface area contributed by atoms with Crippen LogP contribution >= 0.6 is 15.6 Å². The molecule has 34 heteroatoms. The van der Waals surface area contributed by atoms with E-state index < -0.39 is 94.5 Å². The first kappa shape index (κ1) is 83.5. The number of rotatable bonds is 10. The van der Waals surface area contributed by atoms with E-state index >= 15 is 0 Å². The topological polar surface area (TPSA) is 517 Å². The third-order valence-corrected chi connectivity index (χ3v) is 2.51. The molecule has 0 aromatic rings. The van der Waals surface area contributed by atoms with E-state index in [1.165, 1.54) is 0 Å². The number of aliphatic carboxylic acids is 6. The first-order valence-electron chi connectivity index (χ1n) is 8.30. The van der Waals surface area contributed by atoms with Crippen LogP contribution in [0.1, 0.15) is 25.7 Å². The maximum Gasteiger partial charge on any atom is 2.00 e. The molecular weight excluding hydrogens is 851 g/mol. The van der Waals surface area contributed by atoms with Gasteiger partial charge in [0.1, 0.15) is 11.2 Å². The van der Waals surface area contributed by atoms with Crippen molar-refractivity contribution in [2.45, 2.75) is 36.9 Å². The molecule has 0 unspecified atom stereocenters. The second-order valence-electron chi connectivity index (χ2n) is 5.98. The second-order valence-corrected chi connectivity index (χ2v) is 7.77. The molecule has 0 amide bonds. The summed E-state index contributed by atoms with van der Waals surface area (Å²) < 4.78 is 17.1. The Bertz CT molecular complexity index is 882. The molecule has 0 rings (SSSR count). The maximum absolute atomic E-state index is 10.1. The van der Waals surface area contributed by atoms with Gasteiger partial charge < -0.3 is 123 Å². The van der Waals surface area contributed by atoms with Gasteiger partial charge in [0.25, 0.3) is 0 Å². The Balaban J connectivity index is -0.0000000338. The van der Waals surface area contributed by atoms with Crippen LogP contribution in [0.3, 0.4) is 0 Å². The molecule has 2 N–H and O–H groups in total. The maximum atomic E-state index is 10.1. The van der Waals surface area contributed by atoms with Crippen molar-refractivity contribution in [1.82, 2.24) is 0 Å². The van der Waals surface area contributed by atoms with Gasteiger partial charge in [-0.25, -0.2) is 0 Å². The van der Waals surface area contributed by atoms with E-state index in [-0.39, 0.29) is 220 Å². The predicted octanol–water partition coefficient (Wildman–Crippen LogP) is -21.3. The summed E-state index contributed by atoms with van der Waals surface area (Å²) in [5.74, 6) is -12.0. The molecule has 0 saturated heterocycles. The number of hydrogen-bond acceptors (Lipinski definition) is 25. The number of aliphatic hydroxyl groups is 2. The van der Waals surface area contributed by atoms with E-state index in [0.29, 0.717) is 0 Å². The van der Waals surface area contributed by atoms with Crippen LogP contribution in [-0.2, 0) is 37.9 Å². The normalized spacial score (nSPS) is 9.02. The Kier molecular flexibility index (Phi) is 75.2. The van der Waals surface area contributed by atoms with Crippen molar-refractivity contribution in [1.29, 1.82) is 0 Å². The van der Waals surface area contributed by atoms with Gasteiger partial charge in [-0.15, -0.1) is 0 Å². The van der Waals surface area contributed by atoms with Crippen molar-refractivity contribution >= 4 is 278 Å². The average molecular weight is 861 g/mol. The Labute approximate surface area is 429 Å². The fourth-order valence-electron chi connectivity index (χ4n) is 1.37. The van der Waals surface area contributed by atoms with Crippen LogP contribution < -0.4 is 70.2 Å². The van der Waals surface area contributed by atoms with Crippen molar-refractivity contribution in [2.24, 2.45) is 0 Å². The van der Waals surface area contributed by atoms with Gasteiger partial charge in [-0.1, -0.05) is 0 Å². The summed E-state index contributed by atoms with van der Waals surface area (Å²) >= 11 is 0. The molecule has 0 fully saturated rings. The molecule has 0 aliphatic carbocycles. The fourth-order valence-corrected chi connectivity index (χ4v) is 1.37. The standard InChI is InChI=1S/2C6H8O7.CH2O3.4Ca.3Mg.2H3O4P/c2*7-3(8)1-6(13,5(11)12)2-4(9)10;2-1(3)4;;;;;;;;2*1-5(2,3)4/h2*13H,1-2H2,(H,7,8)(H,9,10)(H,11,12);(H2,2,3,4);;;;;;;;2*(H3,1,2,3,4)/q;;;7*+2;;/p-14. The fraction of sp³-hybridized carbons (Fsp3) is 0.462. The number of hydrogen-bond donors (Lipinski definition) is 2. The van der Waals surface area contributed by atoms with Gasteiger partial charge in [-0.2, -0.15) is 15.6 Å². The molecule has 0 radical (unpaired) electrons. The SMILES string of the molecule is O=C([O-])CC(O)(CC(=O)[O-])C(=O)[O-].O=C([O-])CC(O)(CC(=O)[O-])C(=O)[O-].O=C([O-])[O-].O=P([O-])([O-])[O-].O=P([O-])([O-])[O-].[Ca+2].[Ca+2].[Ca+2].[Ca+2].[Mg+2].[Mg+2].[Mg+2]. The zero-order chi connectivity index (χ0) is 33.9. The molecule has 0 aromatic carbocycles. The molecule has 0 aliphatic heterocycles. The Hall–Kier alpha value is 3.57. The van der Waals surface area contributed by atoms with Gasteiger partial charge in [-0.05, 0) is 6.16 Å². The minimum Gasteiger partial charge on any atom is -0.822 e. The number of carboxylic acid groups (broad SMARTS) is 8. The van der Waals surface area contributed by atoms with Crippen molar-refractivity contribution in [3.05, 3.63) is 0 Å². The summed E-state index contributed by atoms with van der Waals surface area (Å²) in [5, 5.41) is 94.5. The minimum absolute atomic E-state index is 0. The zero-order valence-corrected chi connectivity index (χ0v) is 38.3. The van der Waals surface area contributed by atoms with Gasteiger partial charge in [-0.3, -0.25) is 0 Å². The average Bonchev–Trinajstić information content (AvgIpc) is 2.55. The number of carboxylic acids is 6. The van der Waals surface area contributed by atoms with Crippen LogP contribution in [-0.4, -0.2) is 283 Å². The zero-order valence-electron chi connectivity index (χ0n) is 23.5. The first-order chi connectivity index (χ1) is 17.3. The summed E-state index contributed by atoms with van der Waals surface area (Å²) in [5.41, 5.74) is -5.95. The molecule has 0 saturated carbocycles. The van der Waals surface area contributed by atoms with Crippen molar-refractivity contribution < 1.29 is 123 Å². The first-order valence-corrected chi connectivity index (χ1v) is 11.2. The van der Waals surface area contributed by atoms with Gasteiger partial charge in [0.05, 0.1) is 11.9 Å². The van der Waals surface area contributed by atoms with Gasteiger partial charge in [0.2, 0.25) is 0 Å². The van der Waals surface area contributed by atoms with E-state index in [4.69, 9.17) is 63.7 Å². The third-order valence-electron chi connectivity index (χ3n) is 2.51. The van der Waals surface area contributed by atoms with Crippen LogP contribution in [0.2, 0.25) is 0 Å². The Morgan fingerprint density at radius 1 is 0.426 bits per heavy atom. The molecule has 0 aliphatic rings. The van der Waals surface area contributed by atoms with Crippen molar-refractivity contribution in [3.63, 3.8) is 0 Å². The predicted molar refractivity (Wildman–Crippen MR) is 119 cm³/mol. The molecule has 47 heavy (non-hydrogen) atoms. The second kappa shape index (κ2) is 42.3. The quantitative estimate of drug-likeness (QED) is 0.152. The van der Waals surface area contributed by atoms with E-state index in [9.17, 15) is 59.4 Å². The smallest absolute Gasteiger partial charge is 0.822 e. The van der Waals surface area contributed by atoms with E-state index in [1.807, 2.05) is 0 Å². The van der Waals surface area contributed by atoms with Crippen LogP contribution in [0.4, 0.5) is 4.79 Å². The van der Waals surface area contributed by atoms with E-state index in [1.54, 1.807) is 0 Å². The summed E-state index contributed by atoms with van der Waals surface area (Å²) in [4.78, 5) is 120. The molecule has 0 atom stereocenters. The number of carbonyl (C=O) groups is 7. The largest absolute Gasteiger partial charge is 2.00 e. The van der Waals surface area contributed by atoms with Crippen molar-refractivity contribution in [2.75, 3.05) is 0 Å². The van der Waals surface area contributed by atoms with Crippen LogP contribution in [0.5, 0.6) is 0 Å². The summed E-state index contributed by atoms with van der Waals surface area (Å²) in [6.45, 7) is 0. The molecule has 236 valence electrons. The van der Waals surface area contributed by atoms with Gasteiger partial charge >= 0.3 is 220 Å². The molecule has 0 heterocycles. The van der Waals surface area contributed by atoms with Crippen LogP contribution in [0, 0.1) is 0 Å². The Morgan fingerprint density at radius 2 is 0.511 bits per heavy atom. The number of phosphoric acid groups is 2. The van der Waals surface area contributed by atoms with Crippen LogP contribution in [0.25, 0.3) is 0 Å². The summed E-state index contributed by atoms with van der Waals surface area (Å²) in [6.07, 6.45) is -7.76.